The van der Waals surface area contributed by atoms with E-state index < -0.39 is 0 Å². The van der Waals surface area contributed by atoms with E-state index in [0.717, 1.165) is 44.9 Å². The maximum atomic E-state index is 12.8. The van der Waals surface area contributed by atoms with E-state index in [0.29, 0.717) is 41.9 Å². The number of fused-ring (bicyclic) bond motifs is 5. The number of nitrogens with one attached hydrogen (secondary N) is 1. The van der Waals surface area contributed by atoms with Crippen molar-refractivity contribution in [2.75, 3.05) is 0 Å². The van der Waals surface area contributed by atoms with E-state index >= 15 is 0 Å². The van der Waals surface area contributed by atoms with Crippen LogP contribution in [0.2, 0.25) is 0 Å². The summed E-state index contributed by atoms with van der Waals surface area (Å²) in [5.74, 6) is 3.63. The predicted molar refractivity (Wildman–Crippen MR) is 153 cm³/mol. The van der Waals surface area contributed by atoms with Crippen LogP contribution in [0.3, 0.4) is 0 Å². The first-order valence-electron chi connectivity index (χ1n) is 15.8. The van der Waals surface area contributed by atoms with Gasteiger partial charge >= 0.3 is 0 Å². The third-order valence-corrected chi connectivity index (χ3v) is 12.4. The van der Waals surface area contributed by atoms with Crippen molar-refractivity contribution in [3.05, 3.63) is 35.9 Å². The van der Waals surface area contributed by atoms with Crippen LogP contribution in [0, 0.1) is 46.3 Å². The second kappa shape index (κ2) is 11.2. The zero-order valence-corrected chi connectivity index (χ0v) is 24.4. The summed E-state index contributed by atoms with van der Waals surface area (Å²) in [4.78, 5) is 12.8. The molecule has 0 aliphatic heterocycles. The second-order valence-corrected chi connectivity index (χ2v) is 14.4. The zero-order chi connectivity index (χ0) is 27.1. The first kappa shape index (κ1) is 28.1. The number of amides is 1. The minimum Gasteiger partial charge on any atom is -0.393 e. The van der Waals surface area contributed by atoms with E-state index in [-0.39, 0.29) is 35.0 Å². The normalized spacial score (nSPS) is 41.9. The van der Waals surface area contributed by atoms with E-state index in [1.807, 2.05) is 6.07 Å². The fraction of sp³-hybridized carbons (Fsp3) is 0.794. The smallest absolute Gasteiger partial charge is 0.220 e. The summed E-state index contributed by atoms with van der Waals surface area (Å²) in [5, 5.41) is 25.3. The number of aryl methyl sites for hydroxylation is 1. The number of hydrogen-bond donors (Lipinski definition) is 3. The third-order valence-electron chi connectivity index (χ3n) is 12.4. The SMILES string of the molecule is C[C@H](CCc1ccccc1)NC(=O)CC[C@@H](C)[C@H]1CC[C@H]2[C@@H]3CC[C@@H]4C[C@H](O)CC[C@]4(C)[C@H]3C[C@H](O)[C@]12C. The van der Waals surface area contributed by atoms with Gasteiger partial charge in [-0.15, -0.1) is 0 Å². The highest BCUT2D eigenvalue weighted by molar-refractivity contribution is 5.76. The molecule has 0 unspecified atom stereocenters. The second-order valence-electron chi connectivity index (χ2n) is 14.4. The summed E-state index contributed by atoms with van der Waals surface area (Å²) in [5.41, 5.74) is 1.57. The lowest BCUT2D eigenvalue weighted by Crippen LogP contribution is -2.58. The number of rotatable bonds is 8. The van der Waals surface area contributed by atoms with E-state index in [4.69, 9.17) is 0 Å². The summed E-state index contributed by atoms with van der Waals surface area (Å²) < 4.78 is 0. The van der Waals surface area contributed by atoms with E-state index in [1.54, 1.807) is 0 Å². The van der Waals surface area contributed by atoms with Crippen LogP contribution < -0.4 is 5.32 Å². The Hall–Kier alpha value is -1.39. The van der Waals surface area contributed by atoms with E-state index in [2.05, 4.69) is 57.3 Å². The molecule has 0 aromatic heterocycles. The van der Waals surface area contributed by atoms with Crippen molar-refractivity contribution < 1.29 is 15.0 Å². The molecule has 0 heterocycles. The molecule has 4 heteroatoms. The minimum atomic E-state index is -0.252. The van der Waals surface area contributed by atoms with Crippen LogP contribution in [-0.2, 0) is 11.2 Å². The molecule has 4 fully saturated rings. The van der Waals surface area contributed by atoms with Crippen molar-refractivity contribution in [3.63, 3.8) is 0 Å². The van der Waals surface area contributed by atoms with Gasteiger partial charge in [-0.25, -0.2) is 0 Å². The van der Waals surface area contributed by atoms with Gasteiger partial charge in [0.1, 0.15) is 0 Å². The average Bonchev–Trinajstić information content (AvgIpc) is 3.26. The highest BCUT2D eigenvalue weighted by Crippen LogP contribution is 2.68. The van der Waals surface area contributed by atoms with Gasteiger partial charge in [0, 0.05) is 12.5 Å². The molecule has 38 heavy (non-hydrogen) atoms. The Bertz CT molecular complexity index is 950. The van der Waals surface area contributed by atoms with Gasteiger partial charge < -0.3 is 15.5 Å². The number of hydrogen-bond acceptors (Lipinski definition) is 3. The average molecular weight is 524 g/mol. The summed E-state index contributed by atoms with van der Waals surface area (Å²) in [6, 6.07) is 10.7. The number of aliphatic hydroxyl groups is 2. The fourth-order valence-electron chi connectivity index (χ4n) is 10.2. The van der Waals surface area contributed by atoms with E-state index in [9.17, 15) is 15.0 Å². The van der Waals surface area contributed by atoms with Crippen molar-refractivity contribution in [2.45, 2.75) is 123 Å². The number of benzene rings is 1. The van der Waals surface area contributed by atoms with Gasteiger partial charge in [-0.1, -0.05) is 51.1 Å². The highest BCUT2D eigenvalue weighted by Gasteiger charge is 2.63. The van der Waals surface area contributed by atoms with Crippen molar-refractivity contribution in [1.82, 2.24) is 5.32 Å². The van der Waals surface area contributed by atoms with Crippen molar-refractivity contribution in [1.29, 1.82) is 0 Å². The Labute approximate surface area is 231 Å². The Morgan fingerprint density at radius 3 is 2.50 bits per heavy atom. The standard InChI is InChI=1S/C34H53NO3/c1-22(10-17-32(38)35-23(2)11-12-24-8-6-5-7-9-24)28-15-16-29-27-14-13-25-20-26(36)18-19-33(25,3)30(27)21-31(37)34(28,29)4/h5-9,22-23,25-31,36-37H,10-21H2,1-4H3,(H,35,38)/t22-,23-,25-,26-,27+,28-,29+,30+,31+,33+,34-/m1/s1. The topological polar surface area (TPSA) is 69.6 Å². The van der Waals surface area contributed by atoms with Gasteiger partial charge in [0.05, 0.1) is 12.2 Å². The molecule has 5 rings (SSSR count). The van der Waals surface area contributed by atoms with Crippen LogP contribution in [0.4, 0.5) is 0 Å². The Morgan fingerprint density at radius 2 is 1.74 bits per heavy atom. The molecular weight excluding hydrogens is 470 g/mol. The monoisotopic (exact) mass is 523 g/mol. The molecule has 11 atom stereocenters. The molecule has 0 saturated heterocycles. The lowest BCUT2D eigenvalue weighted by molar-refractivity contribution is -0.174. The molecule has 4 aliphatic carbocycles. The third kappa shape index (κ3) is 5.21. The molecule has 0 spiro atoms. The van der Waals surface area contributed by atoms with Crippen LogP contribution in [0.1, 0.15) is 104 Å². The molecule has 0 radical (unpaired) electrons. The van der Waals surface area contributed by atoms with Crippen LogP contribution in [0.25, 0.3) is 0 Å². The lowest BCUT2D eigenvalue weighted by atomic mass is 9.43. The van der Waals surface area contributed by atoms with Crippen molar-refractivity contribution in [3.8, 4) is 0 Å². The van der Waals surface area contributed by atoms with Crippen LogP contribution in [-0.4, -0.2) is 34.4 Å². The molecule has 212 valence electrons. The number of carbonyl (C=O) groups excluding carboxylic acids is 1. The number of aliphatic hydroxyl groups excluding tert-OH is 2. The molecule has 3 N–H and O–H groups in total. The summed E-state index contributed by atoms with van der Waals surface area (Å²) in [7, 11) is 0. The Kier molecular flexibility index (Phi) is 8.32. The molecule has 1 aromatic rings. The quantitative estimate of drug-likeness (QED) is 0.363. The lowest BCUT2D eigenvalue weighted by Gasteiger charge is -2.62. The summed E-state index contributed by atoms with van der Waals surface area (Å²) in [6.45, 7) is 9.34. The van der Waals surface area contributed by atoms with Gasteiger partial charge in [-0.2, -0.15) is 0 Å². The van der Waals surface area contributed by atoms with Gasteiger partial charge in [0.2, 0.25) is 5.91 Å². The Morgan fingerprint density at radius 1 is 0.974 bits per heavy atom. The maximum absolute atomic E-state index is 12.8. The van der Waals surface area contributed by atoms with Crippen molar-refractivity contribution >= 4 is 5.91 Å². The molecule has 4 saturated carbocycles. The van der Waals surface area contributed by atoms with Gasteiger partial charge in [-0.3, -0.25) is 4.79 Å². The molecular formula is C34H53NO3. The molecule has 4 aliphatic rings. The van der Waals surface area contributed by atoms with Crippen LogP contribution in [0.15, 0.2) is 30.3 Å². The van der Waals surface area contributed by atoms with Crippen LogP contribution >= 0.6 is 0 Å². The Balaban J connectivity index is 1.16. The first-order valence-corrected chi connectivity index (χ1v) is 15.8. The summed E-state index contributed by atoms with van der Waals surface area (Å²) >= 11 is 0. The maximum Gasteiger partial charge on any atom is 0.220 e. The molecule has 1 amide bonds. The first-order chi connectivity index (χ1) is 18.1. The van der Waals surface area contributed by atoms with Gasteiger partial charge in [-0.05, 0) is 129 Å². The fourth-order valence-corrected chi connectivity index (χ4v) is 10.2. The minimum absolute atomic E-state index is 0.0303. The number of carbonyl (C=O) groups is 1. The molecule has 1 aromatic carbocycles. The van der Waals surface area contributed by atoms with Crippen molar-refractivity contribution in [2.24, 2.45) is 46.3 Å². The van der Waals surface area contributed by atoms with Gasteiger partial charge in [0.15, 0.2) is 0 Å². The molecule has 4 nitrogen and oxygen atoms in total. The van der Waals surface area contributed by atoms with Crippen LogP contribution in [0.5, 0.6) is 0 Å². The van der Waals surface area contributed by atoms with Gasteiger partial charge in [0.25, 0.3) is 0 Å². The zero-order valence-electron chi connectivity index (χ0n) is 24.4. The summed E-state index contributed by atoms with van der Waals surface area (Å²) in [6.07, 6.45) is 12.0. The largest absolute Gasteiger partial charge is 0.393 e. The van der Waals surface area contributed by atoms with E-state index in [1.165, 1.54) is 31.2 Å². The predicted octanol–water partition coefficient (Wildman–Crippen LogP) is 6.53. The molecule has 0 bridgehead atoms. The highest BCUT2D eigenvalue weighted by atomic mass is 16.3.